The van der Waals surface area contributed by atoms with Gasteiger partial charge in [-0.3, -0.25) is 0 Å². The monoisotopic (exact) mass is 290 g/mol. The van der Waals surface area contributed by atoms with Gasteiger partial charge in [-0.25, -0.2) is 18.7 Å². The molecule has 0 radical (unpaired) electrons. The van der Waals surface area contributed by atoms with E-state index < -0.39 is 11.6 Å². The van der Waals surface area contributed by atoms with Crippen LogP contribution in [-0.2, 0) is 0 Å². The van der Waals surface area contributed by atoms with Crippen LogP contribution in [0.5, 0.6) is 0 Å². The van der Waals surface area contributed by atoms with Gasteiger partial charge in [0.25, 0.3) is 0 Å². The zero-order valence-electron chi connectivity index (χ0n) is 10.5. The summed E-state index contributed by atoms with van der Waals surface area (Å²) >= 11 is 6.05. The van der Waals surface area contributed by atoms with E-state index >= 15 is 0 Å². The maximum absolute atomic E-state index is 14.0. The van der Waals surface area contributed by atoms with Gasteiger partial charge in [0.15, 0.2) is 5.82 Å². The molecule has 0 N–H and O–H groups in total. The summed E-state index contributed by atoms with van der Waals surface area (Å²) in [5.41, 5.74) is 1.38. The maximum atomic E-state index is 14.0. The lowest BCUT2D eigenvalue weighted by molar-refractivity contribution is 0.628. The summed E-state index contributed by atoms with van der Waals surface area (Å²) in [6, 6.07) is 8.76. The van der Waals surface area contributed by atoms with Crippen molar-refractivity contribution in [1.82, 2.24) is 9.97 Å². The number of rotatable bonds is 1. The van der Waals surface area contributed by atoms with Crippen molar-refractivity contribution < 1.29 is 8.78 Å². The highest BCUT2D eigenvalue weighted by molar-refractivity contribution is 6.34. The molecule has 100 valence electrons. The number of halogens is 3. The first-order valence-electron chi connectivity index (χ1n) is 5.94. The van der Waals surface area contributed by atoms with Crippen molar-refractivity contribution in [2.45, 2.75) is 6.92 Å². The molecular weight excluding hydrogens is 282 g/mol. The smallest absolute Gasteiger partial charge is 0.164 e. The van der Waals surface area contributed by atoms with Crippen LogP contribution >= 0.6 is 11.6 Å². The van der Waals surface area contributed by atoms with Gasteiger partial charge in [0.05, 0.1) is 11.1 Å². The van der Waals surface area contributed by atoms with Gasteiger partial charge in [-0.15, -0.1) is 0 Å². The van der Waals surface area contributed by atoms with E-state index in [1.54, 1.807) is 19.1 Å². The molecule has 0 fully saturated rings. The van der Waals surface area contributed by atoms with Crippen molar-refractivity contribution in [3.8, 4) is 11.4 Å². The first kappa shape index (κ1) is 12.9. The molecule has 3 rings (SSSR count). The van der Waals surface area contributed by atoms with E-state index in [0.717, 1.165) is 5.56 Å². The minimum atomic E-state index is -0.434. The summed E-state index contributed by atoms with van der Waals surface area (Å²) in [7, 11) is 0. The Kier molecular flexibility index (Phi) is 3.10. The van der Waals surface area contributed by atoms with E-state index in [9.17, 15) is 8.78 Å². The lowest BCUT2D eigenvalue weighted by Gasteiger charge is -2.06. The fourth-order valence-electron chi connectivity index (χ4n) is 1.99. The minimum absolute atomic E-state index is 0.144. The van der Waals surface area contributed by atoms with Crippen LogP contribution in [0.2, 0.25) is 5.15 Å². The fourth-order valence-corrected chi connectivity index (χ4v) is 2.23. The summed E-state index contributed by atoms with van der Waals surface area (Å²) in [4.78, 5) is 8.27. The molecule has 0 atom stereocenters. The molecule has 0 spiro atoms. The average Bonchev–Trinajstić information content (AvgIpc) is 2.37. The lowest BCUT2D eigenvalue weighted by Crippen LogP contribution is -1.95. The molecule has 0 unspecified atom stereocenters. The predicted octanol–water partition coefficient (Wildman–Crippen LogP) is 4.54. The number of aryl methyl sites for hydroxylation is 1. The highest BCUT2D eigenvalue weighted by Crippen LogP contribution is 2.27. The van der Waals surface area contributed by atoms with Crippen LogP contribution < -0.4 is 0 Å². The van der Waals surface area contributed by atoms with Crippen LogP contribution in [-0.4, -0.2) is 9.97 Å². The topological polar surface area (TPSA) is 25.8 Å². The Morgan fingerprint density at radius 2 is 1.80 bits per heavy atom. The molecule has 0 bridgehead atoms. The molecular formula is C15H9ClF2N2. The molecule has 0 amide bonds. The number of hydrogen-bond acceptors (Lipinski definition) is 2. The van der Waals surface area contributed by atoms with Crippen molar-refractivity contribution >= 4 is 22.5 Å². The lowest BCUT2D eigenvalue weighted by atomic mass is 10.1. The number of fused-ring (bicyclic) bond motifs is 1. The zero-order valence-corrected chi connectivity index (χ0v) is 11.2. The molecule has 5 heteroatoms. The number of hydrogen-bond donors (Lipinski definition) is 0. The van der Waals surface area contributed by atoms with Crippen molar-refractivity contribution in [1.29, 1.82) is 0 Å². The second-order valence-electron chi connectivity index (χ2n) is 4.48. The van der Waals surface area contributed by atoms with Gasteiger partial charge < -0.3 is 0 Å². The fraction of sp³-hybridized carbons (Fsp3) is 0.0667. The Balaban J connectivity index is 2.26. The van der Waals surface area contributed by atoms with E-state index in [4.69, 9.17) is 11.6 Å². The Hall–Kier alpha value is -2.07. The molecule has 2 aromatic carbocycles. The normalized spacial score (nSPS) is 11.0. The van der Waals surface area contributed by atoms with Crippen LogP contribution in [0, 0.1) is 18.6 Å². The first-order chi connectivity index (χ1) is 9.54. The largest absolute Gasteiger partial charge is 0.228 e. The van der Waals surface area contributed by atoms with Crippen molar-refractivity contribution in [3.05, 3.63) is 58.7 Å². The molecule has 1 aromatic heterocycles. The standard InChI is InChI=1S/C15H9ClF2N2/c1-8-2-4-10(12(18)6-8)15-19-13-7-9(17)3-5-11(13)14(16)20-15/h2-7H,1H3. The summed E-state index contributed by atoms with van der Waals surface area (Å²) < 4.78 is 27.2. The third kappa shape index (κ3) is 2.23. The van der Waals surface area contributed by atoms with Gasteiger partial charge in [0.2, 0.25) is 0 Å². The highest BCUT2D eigenvalue weighted by Gasteiger charge is 2.12. The Labute approximate surface area is 119 Å². The van der Waals surface area contributed by atoms with Crippen LogP contribution in [0.1, 0.15) is 5.56 Å². The van der Waals surface area contributed by atoms with Gasteiger partial charge in [0, 0.05) is 11.5 Å². The van der Waals surface area contributed by atoms with Crippen LogP contribution in [0.3, 0.4) is 0 Å². The molecule has 0 saturated heterocycles. The van der Waals surface area contributed by atoms with E-state index in [1.165, 1.54) is 24.3 Å². The van der Waals surface area contributed by atoms with Gasteiger partial charge in [-0.1, -0.05) is 17.7 Å². The zero-order chi connectivity index (χ0) is 14.3. The summed E-state index contributed by atoms with van der Waals surface area (Å²) in [6.45, 7) is 1.79. The van der Waals surface area contributed by atoms with Crippen LogP contribution in [0.25, 0.3) is 22.3 Å². The molecule has 20 heavy (non-hydrogen) atoms. The Morgan fingerprint density at radius 1 is 1.00 bits per heavy atom. The molecule has 2 nitrogen and oxygen atoms in total. The summed E-state index contributed by atoms with van der Waals surface area (Å²) in [5, 5.41) is 0.703. The van der Waals surface area contributed by atoms with E-state index in [0.29, 0.717) is 10.9 Å². The van der Waals surface area contributed by atoms with Gasteiger partial charge in [-0.05, 0) is 36.8 Å². The van der Waals surface area contributed by atoms with E-state index in [2.05, 4.69) is 9.97 Å². The second-order valence-corrected chi connectivity index (χ2v) is 4.84. The van der Waals surface area contributed by atoms with Crippen molar-refractivity contribution in [2.75, 3.05) is 0 Å². The van der Waals surface area contributed by atoms with Gasteiger partial charge in [-0.2, -0.15) is 0 Å². The average molecular weight is 291 g/mol. The molecule has 3 aromatic rings. The number of aromatic nitrogens is 2. The summed E-state index contributed by atoms with van der Waals surface area (Å²) in [5.74, 6) is -0.718. The minimum Gasteiger partial charge on any atom is -0.228 e. The second kappa shape index (κ2) is 4.80. The highest BCUT2D eigenvalue weighted by atomic mass is 35.5. The molecule has 1 heterocycles. The predicted molar refractivity (Wildman–Crippen MR) is 74.6 cm³/mol. The number of nitrogens with zero attached hydrogens (tertiary/aromatic N) is 2. The van der Waals surface area contributed by atoms with Crippen LogP contribution in [0.15, 0.2) is 36.4 Å². The van der Waals surface area contributed by atoms with Crippen molar-refractivity contribution in [2.24, 2.45) is 0 Å². The molecule has 0 saturated carbocycles. The van der Waals surface area contributed by atoms with Crippen LogP contribution in [0.4, 0.5) is 8.78 Å². The SMILES string of the molecule is Cc1ccc(-c2nc(Cl)c3ccc(F)cc3n2)c(F)c1. The van der Waals surface area contributed by atoms with E-state index in [1.807, 2.05) is 0 Å². The Bertz CT molecular complexity index is 818. The van der Waals surface area contributed by atoms with Gasteiger partial charge >= 0.3 is 0 Å². The van der Waals surface area contributed by atoms with Crippen molar-refractivity contribution in [3.63, 3.8) is 0 Å². The quantitative estimate of drug-likeness (QED) is 0.615. The van der Waals surface area contributed by atoms with E-state index in [-0.39, 0.29) is 16.5 Å². The third-order valence-corrected chi connectivity index (χ3v) is 3.27. The molecule has 0 aliphatic rings. The third-order valence-electron chi connectivity index (χ3n) is 2.98. The Morgan fingerprint density at radius 3 is 2.55 bits per heavy atom. The van der Waals surface area contributed by atoms with Gasteiger partial charge in [0.1, 0.15) is 16.8 Å². The number of benzene rings is 2. The molecule has 0 aliphatic heterocycles. The first-order valence-corrected chi connectivity index (χ1v) is 6.32. The summed E-state index contributed by atoms with van der Waals surface area (Å²) in [6.07, 6.45) is 0. The maximum Gasteiger partial charge on any atom is 0.164 e. The molecule has 0 aliphatic carbocycles.